The van der Waals surface area contributed by atoms with Crippen LogP contribution in [0.1, 0.15) is 73.6 Å². The lowest BCUT2D eigenvalue weighted by molar-refractivity contribution is -0.210. The Morgan fingerprint density at radius 2 is 1.88 bits per heavy atom. The molecule has 0 aromatic rings. The second kappa shape index (κ2) is 9.49. The molecule has 3 saturated carbocycles. The number of carbonyl (C=O) groups is 4. The molecule has 0 unspecified atom stereocenters. The lowest BCUT2D eigenvalue weighted by atomic mass is 9.43. The molecule has 0 amide bonds. The molecule has 2 heterocycles. The van der Waals surface area contributed by atoms with Crippen LogP contribution in [0.2, 0.25) is 0 Å². The SMILES string of the molecule is CC(=O)OCC1=C(C)C[C@H]([C@@H](C)[C@H]2CC[C@H]3[C@@H]4[C@@H]5O[C@@H]5[C@@]5(O)CC=CC(=O)[C@]5(C)[C@H]4C[C@H](OC(C)=O)[C@]23C)OC1=O. The van der Waals surface area contributed by atoms with Gasteiger partial charge in [0.25, 0.3) is 0 Å². The Morgan fingerprint density at radius 3 is 2.54 bits per heavy atom. The number of esters is 3. The average Bonchev–Trinajstić information content (AvgIpc) is 3.61. The van der Waals surface area contributed by atoms with Crippen molar-refractivity contribution in [2.45, 2.75) is 104 Å². The van der Waals surface area contributed by atoms with Gasteiger partial charge < -0.3 is 24.1 Å². The first-order valence-electron chi connectivity index (χ1n) is 15.0. The highest BCUT2D eigenvalue weighted by molar-refractivity contribution is 5.97. The van der Waals surface area contributed by atoms with Crippen molar-refractivity contribution < 1.29 is 43.2 Å². The van der Waals surface area contributed by atoms with Crippen LogP contribution in [0.5, 0.6) is 0 Å². The van der Waals surface area contributed by atoms with Gasteiger partial charge in [0, 0.05) is 25.7 Å². The number of fused-ring (bicyclic) bond motifs is 8. The van der Waals surface area contributed by atoms with Crippen LogP contribution in [-0.4, -0.2) is 65.4 Å². The molecule has 0 bridgehead atoms. The van der Waals surface area contributed by atoms with Crippen molar-refractivity contribution in [2.75, 3.05) is 6.61 Å². The fourth-order valence-corrected chi connectivity index (χ4v) is 9.96. The Bertz CT molecular complexity index is 1250. The Morgan fingerprint density at radius 1 is 1.15 bits per heavy atom. The molecular weight excluding hydrogens is 528 g/mol. The third-order valence-electron chi connectivity index (χ3n) is 12.2. The van der Waals surface area contributed by atoms with E-state index in [9.17, 15) is 24.3 Å². The largest absolute Gasteiger partial charge is 0.462 e. The molecule has 6 aliphatic rings. The molecule has 0 aromatic carbocycles. The van der Waals surface area contributed by atoms with E-state index < -0.39 is 34.5 Å². The predicted octanol–water partition coefficient (Wildman–Crippen LogP) is 3.47. The molecule has 9 nitrogen and oxygen atoms in total. The van der Waals surface area contributed by atoms with E-state index >= 15 is 0 Å². The zero-order valence-electron chi connectivity index (χ0n) is 24.8. The molecule has 1 N–H and O–H groups in total. The molecule has 0 spiro atoms. The summed E-state index contributed by atoms with van der Waals surface area (Å²) in [5.41, 5.74) is -1.47. The Labute approximate surface area is 241 Å². The number of aliphatic hydroxyl groups is 1. The van der Waals surface area contributed by atoms with Crippen molar-refractivity contribution in [3.8, 4) is 0 Å². The molecular formula is C32H42O9. The summed E-state index contributed by atoms with van der Waals surface area (Å²) >= 11 is 0. The van der Waals surface area contributed by atoms with Gasteiger partial charge >= 0.3 is 17.9 Å². The number of hydrogen-bond acceptors (Lipinski definition) is 9. The van der Waals surface area contributed by atoms with Gasteiger partial charge in [-0.2, -0.15) is 0 Å². The number of carbonyl (C=O) groups excluding carboxylic acids is 4. The minimum absolute atomic E-state index is 0.0277. The summed E-state index contributed by atoms with van der Waals surface area (Å²) in [4.78, 5) is 50.3. The van der Waals surface area contributed by atoms with Gasteiger partial charge in [0.05, 0.1) is 17.1 Å². The van der Waals surface area contributed by atoms with Crippen molar-refractivity contribution in [1.29, 1.82) is 0 Å². The maximum atomic E-state index is 13.5. The molecule has 9 heteroatoms. The first-order valence-corrected chi connectivity index (χ1v) is 15.0. The van der Waals surface area contributed by atoms with Crippen molar-refractivity contribution in [3.05, 3.63) is 23.3 Å². The van der Waals surface area contributed by atoms with Crippen molar-refractivity contribution in [2.24, 2.45) is 40.4 Å². The lowest BCUT2D eigenvalue weighted by Crippen LogP contribution is -2.69. The molecule has 0 aromatic heterocycles. The van der Waals surface area contributed by atoms with Gasteiger partial charge in [-0.1, -0.05) is 25.5 Å². The van der Waals surface area contributed by atoms with Gasteiger partial charge in [0.15, 0.2) is 5.78 Å². The van der Waals surface area contributed by atoms with Crippen LogP contribution in [0.3, 0.4) is 0 Å². The highest BCUT2D eigenvalue weighted by Gasteiger charge is 2.79. The van der Waals surface area contributed by atoms with E-state index in [1.807, 2.05) is 13.8 Å². The summed E-state index contributed by atoms with van der Waals surface area (Å²) in [5, 5.41) is 11.9. The van der Waals surface area contributed by atoms with Gasteiger partial charge in [-0.05, 0) is 75.2 Å². The molecule has 12 atom stereocenters. The minimum Gasteiger partial charge on any atom is -0.462 e. The second-order valence-electron chi connectivity index (χ2n) is 13.8. The fraction of sp³-hybridized carbons (Fsp3) is 0.750. The van der Waals surface area contributed by atoms with Gasteiger partial charge in [-0.15, -0.1) is 0 Å². The number of allylic oxidation sites excluding steroid dienone is 1. The molecule has 6 rings (SSSR count). The summed E-state index contributed by atoms with van der Waals surface area (Å²) < 4.78 is 23.4. The zero-order chi connectivity index (χ0) is 29.6. The van der Waals surface area contributed by atoms with E-state index in [1.54, 1.807) is 12.2 Å². The number of cyclic esters (lactones) is 1. The van der Waals surface area contributed by atoms with E-state index in [2.05, 4.69) is 13.8 Å². The summed E-state index contributed by atoms with van der Waals surface area (Å²) in [6.45, 7) is 10.7. The van der Waals surface area contributed by atoms with Gasteiger partial charge in [-0.3, -0.25) is 14.4 Å². The van der Waals surface area contributed by atoms with E-state index in [-0.39, 0.29) is 66.3 Å². The van der Waals surface area contributed by atoms with Crippen LogP contribution in [-0.2, 0) is 38.1 Å². The van der Waals surface area contributed by atoms with Crippen molar-refractivity contribution >= 4 is 23.7 Å². The van der Waals surface area contributed by atoms with Gasteiger partial charge in [-0.25, -0.2) is 4.79 Å². The molecule has 1 saturated heterocycles. The smallest absolute Gasteiger partial charge is 0.337 e. The maximum absolute atomic E-state index is 13.5. The molecule has 2 aliphatic heterocycles. The predicted molar refractivity (Wildman–Crippen MR) is 145 cm³/mol. The van der Waals surface area contributed by atoms with Crippen LogP contribution in [0, 0.1) is 40.4 Å². The maximum Gasteiger partial charge on any atom is 0.337 e. The van der Waals surface area contributed by atoms with E-state index in [0.717, 1.165) is 18.4 Å². The Balaban J connectivity index is 1.32. The van der Waals surface area contributed by atoms with Gasteiger partial charge in [0.1, 0.15) is 30.5 Å². The minimum atomic E-state index is -1.27. The van der Waals surface area contributed by atoms with Crippen LogP contribution >= 0.6 is 0 Å². The average molecular weight is 571 g/mol. The normalized spacial score (nSPS) is 46.9. The van der Waals surface area contributed by atoms with Crippen molar-refractivity contribution in [1.82, 2.24) is 0 Å². The number of rotatable bonds is 5. The Hall–Kier alpha value is -2.52. The summed E-state index contributed by atoms with van der Waals surface area (Å²) in [5.74, 6) is -1.31. The first kappa shape index (κ1) is 28.6. The molecule has 0 radical (unpaired) electrons. The van der Waals surface area contributed by atoms with E-state index in [1.165, 1.54) is 13.8 Å². The third-order valence-corrected chi connectivity index (χ3v) is 12.2. The number of ether oxygens (including phenoxy) is 4. The quantitative estimate of drug-likeness (QED) is 0.300. The lowest BCUT2D eigenvalue weighted by Gasteiger charge is -2.61. The van der Waals surface area contributed by atoms with E-state index in [0.29, 0.717) is 24.8 Å². The highest BCUT2D eigenvalue weighted by atomic mass is 16.6. The van der Waals surface area contributed by atoms with Crippen LogP contribution in [0.4, 0.5) is 0 Å². The summed E-state index contributed by atoms with van der Waals surface area (Å²) in [7, 11) is 0. The first-order chi connectivity index (χ1) is 19.2. The number of hydrogen-bond donors (Lipinski definition) is 1. The standard InChI is InChI=1S/C32H42O9/c1-15-12-23(40-29(36)19(15)14-38-17(3)33)16(2)20-9-10-21-26-22(13-25(30(20,21)5)39-18(4)34)31(6)24(35)8-7-11-32(31,37)28-27(26)41-28/h7-8,16,20-23,25-28,37H,9-14H2,1-6H3/t16-,20+,21-,22-,23+,25-,26-,27-,28-,30+,31-,32-/m0/s1. The molecule has 4 fully saturated rings. The van der Waals surface area contributed by atoms with Gasteiger partial charge in [0.2, 0.25) is 0 Å². The Kier molecular flexibility index (Phi) is 6.62. The zero-order valence-corrected chi connectivity index (χ0v) is 24.8. The number of epoxide rings is 1. The second-order valence-corrected chi connectivity index (χ2v) is 13.8. The van der Waals surface area contributed by atoms with Crippen LogP contribution < -0.4 is 0 Å². The summed E-state index contributed by atoms with van der Waals surface area (Å²) in [6.07, 6.45) is 5.18. The number of ketones is 1. The third kappa shape index (κ3) is 3.94. The molecule has 4 aliphatic carbocycles. The van der Waals surface area contributed by atoms with Crippen LogP contribution in [0.15, 0.2) is 23.3 Å². The van der Waals surface area contributed by atoms with E-state index in [4.69, 9.17) is 18.9 Å². The fourth-order valence-electron chi connectivity index (χ4n) is 9.96. The van der Waals surface area contributed by atoms with Crippen LogP contribution in [0.25, 0.3) is 0 Å². The van der Waals surface area contributed by atoms with Crippen molar-refractivity contribution in [3.63, 3.8) is 0 Å². The highest BCUT2D eigenvalue weighted by Crippen LogP contribution is 2.72. The molecule has 224 valence electrons. The molecule has 41 heavy (non-hydrogen) atoms. The topological polar surface area (TPSA) is 129 Å². The monoisotopic (exact) mass is 570 g/mol. The summed E-state index contributed by atoms with van der Waals surface area (Å²) in [6, 6.07) is 0.